The molecule has 0 fully saturated rings. The second kappa shape index (κ2) is 4.49. The number of aryl methyl sites for hydroxylation is 1. The average Bonchev–Trinajstić information content (AvgIpc) is 2.94. The maximum absolute atomic E-state index is 4.56. The monoisotopic (exact) mass is 244 g/mol. The van der Waals surface area contributed by atoms with E-state index in [4.69, 9.17) is 0 Å². The largest absolute Gasteiger partial charge is 0.358 e. The molecule has 3 heteroatoms. The van der Waals surface area contributed by atoms with Gasteiger partial charge in [0.05, 0.1) is 5.69 Å². The summed E-state index contributed by atoms with van der Waals surface area (Å²) in [6, 6.07) is 9.23. The summed E-state index contributed by atoms with van der Waals surface area (Å²) in [5.41, 5.74) is 4.16. The van der Waals surface area contributed by atoms with Crippen LogP contribution in [0, 0.1) is 0 Å². The van der Waals surface area contributed by atoms with Gasteiger partial charge in [0, 0.05) is 11.4 Å². The highest BCUT2D eigenvalue weighted by Gasteiger charge is 2.21. The van der Waals surface area contributed by atoms with Gasteiger partial charge in [-0.05, 0) is 30.4 Å². The standard InChI is InChI=1S/C14H16N2S/c1-2-12-9-17-14(15-12)16-13-7-10-5-3-4-6-11(10)8-13/h3-6,9,13H,2,7-8H2,1H3,(H,15,16). The van der Waals surface area contributed by atoms with Crippen molar-refractivity contribution in [1.29, 1.82) is 0 Å². The zero-order valence-electron chi connectivity index (χ0n) is 9.94. The summed E-state index contributed by atoms with van der Waals surface area (Å²) in [4.78, 5) is 4.56. The van der Waals surface area contributed by atoms with Crippen LogP contribution in [0.1, 0.15) is 23.7 Å². The van der Waals surface area contributed by atoms with Crippen molar-refractivity contribution >= 4 is 16.5 Å². The zero-order chi connectivity index (χ0) is 11.7. The highest BCUT2D eigenvalue weighted by Crippen LogP contribution is 2.25. The Hall–Kier alpha value is -1.35. The Morgan fingerprint density at radius 1 is 1.29 bits per heavy atom. The minimum absolute atomic E-state index is 0.517. The molecule has 1 aliphatic rings. The molecule has 0 spiro atoms. The molecule has 2 nitrogen and oxygen atoms in total. The fraction of sp³-hybridized carbons (Fsp3) is 0.357. The molecule has 2 aromatic rings. The molecule has 0 atom stereocenters. The van der Waals surface area contributed by atoms with E-state index < -0.39 is 0 Å². The minimum atomic E-state index is 0.517. The van der Waals surface area contributed by atoms with Crippen LogP contribution in [0.4, 0.5) is 5.13 Å². The Labute approximate surface area is 106 Å². The van der Waals surface area contributed by atoms with E-state index in [0.29, 0.717) is 6.04 Å². The van der Waals surface area contributed by atoms with Crippen molar-refractivity contribution in [2.45, 2.75) is 32.2 Å². The summed E-state index contributed by atoms with van der Waals surface area (Å²) >= 11 is 1.72. The van der Waals surface area contributed by atoms with Gasteiger partial charge in [0.15, 0.2) is 5.13 Å². The van der Waals surface area contributed by atoms with E-state index in [1.807, 2.05) is 0 Å². The number of thiazole rings is 1. The number of aromatic nitrogens is 1. The number of anilines is 1. The summed E-state index contributed by atoms with van der Waals surface area (Å²) in [5.74, 6) is 0. The normalized spacial score (nSPS) is 14.9. The number of nitrogens with one attached hydrogen (secondary N) is 1. The van der Waals surface area contributed by atoms with Gasteiger partial charge in [0.2, 0.25) is 0 Å². The molecule has 0 amide bonds. The molecule has 1 aromatic carbocycles. The fourth-order valence-electron chi connectivity index (χ4n) is 2.37. The molecule has 17 heavy (non-hydrogen) atoms. The summed E-state index contributed by atoms with van der Waals surface area (Å²) < 4.78 is 0. The average molecular weight is 244 g/mol. The quantitative estimate of drug-likeness (QED) is 0.896. The highest BCUT2D eigenvalue weighted by atomic mass is 32.1. The van der Waals surface area contributed by atoms with Gasteiger partial charge < -0.3 is 5.32 Å². The molecule has 0 saturated heterocycles. The molecule has 1 heterocycles. The summed E-state index contributed by atoms with van der Waals surface area (Å²) in [7, 11) is 0. The molecule has 0 aliphatic heterocycles. The predicted molar refractivity (Wildman–Crippen MR) is 72.8 cm³/mol. The Balaban J connectivity index is 1.69. The smallest absolute Gasteiger partial charge is 0.183 e. The topological polar surface area (TPSA) is 24.9 Å². The third-order valence-corrected chi connectivity index (χ3v) is 4.11. The van der Waals surface area contributed by atoms with E-state index in [9.17, 15) is 0 Å². The predicted octanol–water partition coefficient (Wildman–Crippen LogP) is 3.28. The minimum Gasteiger partial charge on any atom is -0.358 e. The Bertz CT molecular complexity index is 493. The van der Waals surface area contributed by atoms with Gasteiger partial charge >= 0.3 is 0 Å². The lowest BCUT2D eigenvalue weighted by atomic mass is 10.1. The van der Waals surface area contributed by atoms with Crippen LogP contribution in [0.2, 0.25) is 0 Å². The lowest BCUT2D eigenvalue weighted by Gasteiger charge is -2.09. The fourth-order valence-corrected chi connectivity index (χ4v) is 3.24. The Morgan fingerprint density at radius 3 is 2.59 bits per heavy atom. The van der Waals surface area contributed by atoms with Crippen molar-refractivity contribution in [1.82, 2.24) is 4.98 Å². The van der Waals surface area contributed by atoms with Gasteiger partial charge in [-0.3, -0.25) is 0 Å². The molecule has 1 aromatic heterocycles. The Kier molecular flexibility index (Phi) is 2.85. The van der Waals surface area contributed by atoms with Crippen LogP contribution in [0.3, 0.4) is 0 Å². The van der Waals surface area contributed by atoms with Crippen LogP contribution in [0.5, 0.6) is 0 Å². The van der Waals surface area contributed by atoms with Gasteiger partial charge in [-0.1, -0.05) is 31.2 Å². The third-order valence-electron chi connectivity index (χ3n) is 3.29. The second-order valence-corrected chi connectivity index (χ2v) is 5.37. The van der Waals surface area contributed by atoms with Gasteiger partial charge in [0.25, 0.3) is 0 Å². The summed E-state index contributed by atoms with van der Waals surface area (Å²) in [6.07, 6.45) is 3.26. The van der Waals surface area contributed by atoms with Crippen LogP contribution in [0.25, 0.3) is 0 Å². The molecule has 0 saturated carbocycles. The summed E-state index contributed by atoms with van der Waals surface area (Å²) in [5, 5.41) is 6.76. The van der Waals surface area contributed by atoms with Crippen molar-refractivity contribution < 1.29 is 0 Å². The Morgan fingerprint density at radius 2 is 2.00 bits per heavy atom. The van der Waals surface area contributed by atoms with Crippen molar-refractivity contribution in [3.05, 3.63) is 46.5 Å². The molecule has 0 bridgehead atoms. The van der Waals surface area contributed by atoms with Crippen molar-refractivity contribution in [2.24, 2.45) is 0 Å². The van der Waals surface area contributed by atoms with Crippen LogP contribution in [-0.2, 0) is 19.3 Å². The number of benzene rings is 1. The number of rotatable bonds is 3. The van der Waals surface area contributed by atoms with Crippen molar-refractivity contribution in [2.75, 3.05) is 5.32 Å². The van der Waals surface area contributed by atoms with Gasteiger partial charge in [-0.25, -0.2) is 4.98 Å². The second-order valence-electron chi connectivity index (χ2n) is 4.52. The van der Waals surface area contributed by atoms with Crippen LogP contribution < -0.4 is 5.32 Å². The lowest BCUT2D eigenvalue weighted by Crippen LogP contribution is -2.19. The molecule has 1 aliphatic carbocycles. The third kappa shape index (κ3) is 2.20. The summed E-state index contributed by atoms with van der Waals surface area (Å²) in [6.45, 7) is 2.14. The van der Waals surface area contributed by atoms with Crippen LogP contribution in [-0.4, -0.2) is 11.0 Å². The molecule has 88 valence electrons. The molecule has 0 radical (unpaired) electrons. The van der Waals surface area contributed by atoms with E-state index in [-0.39, 0.29) is 0 Å². The first kappa shape index (κ1) is 10.8. The first-order valence-electron chi connectivity index (χ1n) is 6.13. The maximum Gasteiger partial charge on any atom is 0.183 e. The van der Waals surface area contributed by atoms with Crippen molar-refractivity contribution in [3.8, 4) is 0 Å². The first-order valence-corrected chi connectivity index (χ1v) is 7.01. The lowest BCUT2D eigenvalue weighted by molar-refractivity contribution is 0.772. The number of nitrogens with zero attached hydrogens (tertiary/aromatic N) is 1. The van der Waals surface area contributed by atoms with E-state index >= 15 is 0 Å². The molecular formula is C14H16N2S. The molecular weight excluding hydrogens is 228 g/mol. The van der Waals surface area contributed by atoms with Crippen molar-refractivity contribution in [3.63, 3.8) is 0 Å². The number of fused-ring (bicyclic) bond motifs is 1. The van der Waals surface area contributed by atoms with Gasteiger partial charge in [0.1, 0.15) is 0 Å². The molecule has 1 N–H and O–H groups in total. The van der Waals surface area contributed by atoms with E-state index in [1.165, 1.54) is 16.8 Å². The SMILES string of the molecule is CCc1csc(NC2Cc3ccccc3C2)n1. The van der Waals surface area contributed by atoms with Gasteiger partial charge in [-0.15, -0.1) is 11.3 Å². The van der Waals surface area contributed by atoms with E-state index in [1.54, 1.807) is 11.3 Å². The van der Waals surface area contributed by atoms with Crippen LogP contribution in [0.15, 0.2) is 29.6 Å². The number of hydrogen-bond acceptors (Lipinski definition) is 3. The van der Waals surface area contributed by atoms with E-state index in [0.717, 1.165) is 24.4 Å². The first-order chi connectivity index (χ1) is 8.35. The van der Waals surface area contributed by atoms with Gasteiger partial charge in [-0.2, -0.15) is 0 Å². The number of hydrogen-bond donors (Lipinski definition) is 1. The maximum atomic E-state index is 4.56. The van der Waals surface area contributed by atoms with Crippen LogP contribution >= 0.6 is 11.3 Å². The molecule has 0 unspecified atom stereocenters. The van der Waals surface area contributed by atoms with E-state index in [2.05, 4.69) is 46.9 Å². The highest BCUT2D eigenvalue weighted by molar-refractivity contribution is 7.13. The zero-order valence-corrected chi connectivity index (χ0v) is 10.8. The molecule has 3 rings (SSSR count).